The fraction of sp³-hybridized carbons (Fsp3) is 0.333. The van der Waals surface area contributed by atoms with Crippen LogP contribution in [-0.4, -0.2) is 27.3 Å². The van der Waals surface area contributed by atoms with Crippen molar-refractivity contribution in [3.05, 3.63) is 77.4 Å². The Morgan fingerprint density at radius 3 is 2.24 bits per heavy atom. The van der Waals surface area contributed by atoms with E-state index in [0.29, 0.717) is 6.61 Å². The first-order valence-corrected chi connectivity index (χ1v) is 10.2. The molecule has 0 N–H and O–H groups in total. The highest BCUT2D eigenvalue weighted by Crippen LogP contribution is 2.16. The minimum atomic E-state index is 0.626. The predicted molar refractivity (Wildman–Crippen MR) is 117 cm³/mol. The molecule has 3 heterocycles. The molecule has 0 aliphatic heterocycles. The molecule has 5 nitrogen and oxygen atoms in total. The number of aromatic nitrogens is 3. The zero-order valence-corrected chi connectivity index (χ0v) is 17.4. The number of nitrogens with zero attached hydrogens (tertiary/aromatic N) is 4. The van der Waals surface area contributed by atoms with Gasteiger partial charge in [-0.3, -0.25) is 15.0 Å². The van der Waals surface area contributed by atoms with Crippen molar-refractivity contribution in [2.75, 3.05) is 6.61 Å². The molecule has 0 atom stereocenters. The lowest BCUT2D eigenvalue weighted by Gasteiger charge is -2.06. The molecule has 3 aromatic heterocycles. The van der Waals surface area contributed by atoms with Crippen LogP contribution in [0, 0.1) is 6.92 Å². The highest BCUT2D eigenvalue weighted by molar-refractivity contribution is 5.96. The highest BCUT2D eigenvalue weighted by Gasteiger charge is 2.05. The van der Waals surface area contributed by atoms with E-state index in [1.807, 2.05) is 50.2 Å². The predicted octanol–water partition coefficient (Wildman–Crippen LogP) is 5.17. The van der Waals surface area contributed by atoms with Gasteiger partial charge in [-0.15, -0.1) is 0 Å². The Balaban J connectivity index is 1.60. The summed E-state index contributed by atoms with van der Waals surface area (Å²) in [5.41, 5.74) is 6.65. The van der Waals surface area contributed by atoms with Crippen molar-refractivity contribution >= 4 is 5.71 Å². The Kier molecular flexibility index (Phi) is 7.45. The fourth-order valence-electron chi connectivity index (χ4n) is 3.00. The Morgan fingerprint density at radius 1 is 0.862 bits per heavy atom. The van der Waals surface area contributed by atoms with Gasteiger partial charge in [-0.2, -0.15) is 0 Å². The summed E-state index contributed by atoms with van der Waals surface area (Å²) in [6, 6.07) is 18.2. The van der Waals surface area contributed by atoms with Gasteiger partial charge in [0.15, 0.2) is 0 Å². The summed E-state index contributed by atoms with van der Waals surface area (Å²) >= 11 is 0. The maximum Gasteiger partial charge on any atom is 0.116 e. The van der Waals surface area contributed by atoms with E-state index in [-0.39, 0.29) is 0 Å². The molecular weight excluding hydrogens is 360 g/mol. The van der Waals surface area contributed by atoms with Crippen LogP contribution in [0.5, 0.6) is 0 Å². The van der Waals surface area contributed by atoms with E-state index in [1.54, 1.807) is 0 Å². The number of pyridine rings is 3. The van der Waals surface area contributed by atoms with Crippen molar-refractivity contribution in [3.8, 4) is 11.4 Å². The first kappa shape index (κ1) is 20.6. The Bertz CT molecular complexity index is 968. The first-order valence-electron chi connectivity index (χ1n) is 10.2. The SMILES string of the molecule is CCCON=C(C)c1cccc(CCCc2cccc(-c3cccc(C)n3)n2)n1. The summed E-state index contributed by atoms with van der Waals surface area (Å²) in [7, 11) is 0. The van der Waals surface area contributed by atoms with E-state index in [2.05, 4.69) is 35.3 Å². The summed E-state index contributed by atoms with van der Waals surface area (Å²) < 4.78 is 0. The van der Waals surface area contributed by atoms with Crippen LogP contribution in [0.4, 0.5) is 0 Å². The first-order chi connectivity index (χ1) is 14.2. The van der Waals surface area contributed by atoms with Gasteiger partial charge in [-0.25, -0.2) is 0 Å². The molecule has 29 heavy (non-hydrogen) atoms. The lowest BCUT2D eigenvalue weighted by Crippen LogP contribution is -2.03. The lowest BCUT2D eigenvalue weighted by molar-refractivity contribution is 0.145. The Labute approximate surface area is 172 Å². The molecule has 0 aromatic carbocycles. The summed E-state index contributed by atoms with van der Waals surface area (Å²) in [6.07, 6.45) is 3.72. The van der Waals surface area contributed by atoms with Gasteiger partial charge < -0.3 is 4.84 Å². The minimum Gasteiger partial charge on any atom is -0.396 e. The van der Waals surface area contributed by atoms with Crippen LogP contribution in [0.3, 0.4) is 0 Å². The highest BCUT2D eigenvalue weighted by atomic mass is 16.6. The standard InChI is InChI=1S/C24H28N4O/c1-4-17-29-28-19(3)22-14-7-12-20(26-22)10-6-11-21-13-8-16-24(27-21)23-15-5-9-18(2)25-23/h5,7-9,12-16H,4,6,10-11,17H2,1-3H3. The maximum absolute atomic E-state index is 5.27. The van der Waals surface area contributed by atoms with E-state index >= 15 is 0 Å². The van der Waals surface area contributed by atoms with Gasteiger partial charge in [-0.1, -0.05) is 30.3 Å². The van der Waals surface area contributed by atoms with E-state index in [0.717, 1.165) is 65.6 Å². The maximum atomic E-state index is 5.27. The van der Waals surface area contributed by atoms with Gasteiger partial charge in [0.05, 0.1) is 17.1 Å². The fourth-order valence-corrected chi connectivity index (χ4v) is 3.00. The monoisotopic (exact) mass is 388 g/mol. The number of hydrogen-bond acceptors (Lipinski definition) is 5. The molecule has 0 aliphatic rings. The van der Waals surface area contributed by atoms with Crippen molar-refractivity contribution in [1.29, 1.82) is 0 Å². The summed E-state index contributed by atoms with van der Waals surface area (Å²) in [5.74, 6) is 0. The van der Waals surface area contributed by atoms with Gasteiger partial charge in [0.25, 0.3) is 0 Å². The molecule has 0 unspecified atom stereocenters. The van der Waals surface area contributed by atoms with E-state index in [4.69, 9.17) is 14.8 Å². The van der Waals surface area contributed by atoms with Crippen LogP contribution in [0.15, 0.2) is 59.8 Å². The van der Waals surface area contributed by atoms with E-state index in [1.165, 1.54) is 0 Å². The molecule has 0 saturated heterocycles. The van der Waals surface area contributed by atoms with Crippen LogP contribution < -0.4 is 0 Å². The third-order valence-corrected chi connectivity index (χ3v) is 4.50. The summed E-state index contributed by atoms with van der Waals surface area (Å²) in [5, 5.41) is 4.14. The molecule has 3 aromatic rings. The molecule has 0 radical (unpaired) electrons. The second kappa shape index (κ2) is 10.5. The second-order valence-corrected chi connectivity index (χ2v) is 7.06. The molecule has 3 rings (SSSR count). The Morgan fingerprint density at radius 2 is 1.52 bits per heavy atom. The van der Waals surface area contributed by atoms with Crippen LogP contribution in [0.2, 0.25) is 0 Å². The largest absolute Gasteiger partial charge is 0.396 e. The molecule has 0 bridgehead atoms. The molecule has 0 spiro atoms. The average Bonchev–Trinajstić information content (AvgIpc) is 2.74. The molecular formula is C24H28N4O. The molecule has 0 saturated carbocycles. The van der Waals surface area contributed by atoms with Gasteiger partial charge in [0.1, 0.15) is 12.3 Å². The van der Waals surface area contributed by atoms with Gasteiger partial charge >= 0.3 is 0 Å². The van der Waals surface area contributed by atoms with Crippen LogP contribution >= 0.6 is 0 Å². The summed E-state index contributed by atoms with van der Waals surface area (Å²) in [4.78, 5) is 19.3. The third kappa shape index (κ3) is 6.21. The van der Waals surface area contributed by atoms with Crippen molar-refractivity contribution < 1.29 is 4.84 Å². The Hall–Kier alpha value is -3.08. The number of oxime groups is 1. The minimum absolute atomic E-state index is 0.626. The van der Waals surface area contributed by atoms with Crippen LogP contribution in [0.1, 0.15) is 49.5 Å². The van der Waals surface area contributed by atoms with Crippen LogP contribution in [0.25, 0.3) is 11.4 Å². The van der Waals surface area contributed by atoms with Crippen molar-refractivity contribution in [2.45, 2.75) is 46.5 Å². The topological polar surface area (TPSA) is 60.3 Å². The number of rotatable bonds is 9. The smallest absolute Gasteiger partial charge is 0.116 e. The second-order valence-electron chi connectivity index (χ2n) is 7.06. The average molecular weight is 389 g/mol. The molecule has 0 fully saturated rings. The molecule has 5 heteroatoms. The molecule has 0 amide bonds. The number of aryl methyl sites for hydroxylation is 3. The lowest BCUT2D eigenvalue weighted by atomic mass is 10.1. The van der Waals surface area contributed by atoms with Crippen molar-refractivity contribution in [1.82, 2.24) is 15.0 Å². The zero-order valence-electron chi connectivity index (χ0n) is 17.4. The molecule has 0 aliphatic carbocycles. The van der Waals surface area contributed by atoms with Crippen molar-refractivity contribution in [3.63, 3.8) is 0 Å². The van der Waals surface area contributed by atoms with Crippen LogP contribution in [-0.2, 0) is 17.7 Å². The number of hydrogen-bond donors (Lipinski definition) is 0. The zero-order chi connectivity index (χ0) is 20.5. The van der Waals surface area contributed by atoms with E-state index < -0.39 is 0 Å². The third-order valence-electron chi connectivity index (χ3n) is 4.50. The van der Waals surface area contributed by atoms with Gasteiger partial charge in [0.2, 0.25) is 0 Å². The quantitative estimate of drug-likeness (QED) is 0.288. The molecule has 150 valence electrons. The summed E-state index contributed by atoms with van der Waals surface area (Å²) in [6.45, 7) is 6.61. The van der Waals surface area contributed by atoms with Gasteiger partial charge in [0, 0.05) is 17.1 Å². The van der Waals surface area contributed by atoms with E-state index in [9.17, 15) is 0 Å². The normalized spacial score (nSPS) is 11.5. The van der Waals surface area contributed by atoms with Gasteiger partial charge in [-0.05, 0) is 75.9 Å². The van der Waals surface area contributed by atoms with Crippen molar-refractivity contribution in [2.24, 2.45) is 5.16 Å².